The van der Waals surface area contributed by atoms with Crippen molar-refractivity contribution in [3.8, 4) is 0 Å². The molecule has 0 saturated carbocycles. The fourth-order valence-corrected chi connectivity index (χ4v) is 3.65. The molecule has 1 fully saturated rings. The minimum Gasteiger partial charge on any atom is -0.352 e. The summed E-state index contributed by atoms with van der Waals surface area (Å²) in [6, 6.07) is 11.7. The topological polar surface area (TPSA) is 123 Å². The van der Waals surface area contributed by atoms with Gasteiger partial charge in [-0.2, -0.15) is 4.68 Å². The van der Waals surface area contributed by atoms with Gasteiger partial charge >= 0.3 is 0 Å². The number of hydrogen-bond donors (Lipinski definition) is 2. The van der Waals surface area contributed by atoms with E-state index >= 15 is 0 Å². The molecule has 158 valence electrons. The maximum atomic E-state index is 12.8. The van der Waals surface area contributed by atoms with Crippen LogP contribution in [0.4, 0.5) is 0 Å². The monoisotopic (exact) mass is 483 g/mol. The second kappa shape index (κ2) is 8.76. The molecule has 2 N–H and O–H groups in total. The number of piperidine rings is 1. The molecule has 2 heterocycles. The number of imide groups is 1. The van der Waals surface area contributed by atoms with Crippen molar-refractivity contribution in [2.24, 2.45) is 0 Å². The zero-order valence-electron chi connectivity index (χ0n) is 16.3. The van der Waals surface area contributed by atoms with Gasteiger partial charge in [-0.3, -0.25) is 24.5 Å². The fraction of sp³-hybridized carbons (Fsp3) is 0.238. The van der Waals surface area contributed by atoms with Crippen LogP contribution in [-0.2, 0) is 27.3 Å². The Bertz CT molecular complexity index is 1240. The van der Waals surface area contributed by atoms with E-state index in [0.717, 1.165) is 20.3 Å². The van der Waals surface area contributed by atoms with Crippen molar-refractivity contribution < 1.29 is 14.4 Å². The summed E-state index contributed by atoms with van der Waals surface area (Å²) in [7, 11) is 0. The van der Waals surface area contributed by atoms with E-state index in [2.05, 4.69) is 36.9 Å². The highest BCUT2D eigenvalue weighted by atomic mass is 79.9. The van der Waals surface area contributed by atoms with E-state index in [1.807, 2.05) is 24.3 Å². The van der Waals surface area contributed by atoms with Crippen LogP contribution in [0.3, 0.4) is 0 Å². The summed E-state index contributed by atoms with van der Waals surface area (Å²) in [6.45, 7) is 0.281. The molecule has 3 amide bonds. The van der Waals surface area contributed by atoms with Gasteiger partial charge in [0.2, 0.25) is 11.8 Å². The Morgan fingerprint density at radius 1 is 1.13 bits per heavy atom. The second-order valence-electron chi connectivity index (χ2n) is 7.24. The lowest BCUT2D eigenvalue weighted by Gasteiger charge is -2.21. The molecule has 3 aromatic rings. The zero-order valence-corrected chi connectivity index (χ0v) is 17.9. The Balaban J connectivity index is 1.46. The first-order chi connectivity index (χ1) is 14.9. The maximum absolute atomic E-state index is 12.8. The third-order valence-electron chi connectivity index (χ3n) is 5.02. The predicted molar refractivity (Wildman–Crippen MR) is 115 cm³/mol. The standard InChI is InChI=1S/C21H18BrN5O4/c22-14-4-1-12(2-5-14)10-19(29)23-11-13-3-6-15-16(9-13)25-26-27(21(15)31)17-7-8-18(28)24-20(17)30/h1-6,9,17H,7-8,10-11H2,(H,23,29)(H,24,28,30). The Kier molecular flexibility index (Phi) is 5.90. The van der Waals surface area contributed by atoms with Crippen molar-refractivity contribution >= 4 is 44.6 Å². The van der Waals surface area contributed by atoms with Crippen LogP contribution in [0.2, 0.25) is 0 Å². The van der Waals surface area contributed by atoms with E-state index < -0.39 is 17.5 Å². The van der Waals surface area contributed by atoms with Crippen LogP contribution < -0.4 is 16.2 Å². The van der Waals surface area contributed by atoms with Crippen molar-refractivity contribution in [2.75, 3.05) is 0 Å². The minimum absolute atomic E-state index is 0.123. The molecule has 9 nitrogen and oxygen atoms in total. The van der Waals surface area contributed by atoms with Crippen molar-refractivity contribution in [1.82, 2.24) is 25.6 Å². The zero-order chi connectivity index (χ0) is 22.0. The summed E-state index contributed by atoms with van der Waals surface area (Å²) in [5.74, 6) is -1.05. The first-order valence-corrected chi connectivity index (χ1v) is 10.4. The molecule has 1 aliphatic rings. The van der Waals surface area contributed by atoms with Crippen LogP contribution in [-0.4, -0.2) is 32.7 Å². The number of carbonyl (C=O) groups excluding carboxylic acids is 3. The van der Waals surface area contributed by atoms with Crippen LogP contribution >= 0.6 is 15.9 Å². The lowest BCUT2D eigenvalue weighted by Crippen LogP contribution is -2.45. The molecule has 10 heteroatoms. The number of carbonyl (C=O) groups is 3. The quantitative estimate of drug-likeness (QED) is 0.528. The lowest BCUT2D eigenvalue weighted by molar-refractivity contribution is -0.136. The average Bonchev–Trinajstić information content (AvgIpc) is 2.75. The molecule has 31 heavy (non-hydrogen) atoms. The molecule has 1 aliphatic heterocycles. The van der Waals surface area contributed by atoms with Crippen LogP contribution in [0, 0.1) is 0 Å². The first-order valence-electron chi connectivity index (χ1n) is 9.63. The Morgan fingerprint density at radius 3 is 2.61 bits per heavy atom. The summed E-state index contributed by atoms with van der Waals surface area (Å²) in [5.41, 5.74) is 1.58. The number of fused-ring (bicyclic) bond motifs is 1. The third kappa shape index (κ3) is 4.69. The summed E-state index contributed by atoms with van der Waals surface area (Å²) in [5, 5.41) is 13.3. The maximum Gasteiger partial charge on any atom is 0.278 e. The van der Waals surface area contributed by atoms with Crippen molar-refractivity contribution in [3.05, 3.63) is 68.4 Å². The van der Waals surface area contributed by atoms with Gasteiger partial charge in [-0.1, -0.05) is 39.3 Å². The molecule has 0 aliphatic carbocycles. The number of hydrogen-bond acceptors (Lipinski definition) is 6. The Hall–Kier alpha value is -3.40. The van der Waals surface area contributed by atoms with Crippen molar-refractivity contribution in [3.63, 3.8) is 0 Å². The molecule has 0 radical (unpaired) electrons. The van der Waals surface area contributed by atoms with Gasteiger partial charge in [-0.05, 0) is 41.8 Å². The first kappa shape index (κ1) is 20.9. The largest absolute Gasteiger partial charge is 0.352 e. The normalized spacial score (nSPS) is 16.2. The Morgan fingerprint density at radius 2 is 1.87 bits per heavy atom. The van der Waals surface area contributed by atoms with Gasteiger partial charge in [-0.25, -0.2) is 0 Å². The van der Waals surface area contributed by atoms with E-state index in [4.69, 9.17) is 0 Å². The van der Waals surface area contributed by atoms with Gasteiger partial charge in [0.1, 0.15) is 11.6 Å². The highest BCUT2D eigenvalue weighted by molar-refractivity contribution is 9.10. The molecule has 2 aromatic carbocycles. The van der Waals surface area contributed by atoms with Crippen LogP contribution in [0.5, 0.6) is 0 Å². The molecule has 0 bridgehead atoms. The molecule has 0 spiro atoms. The number of amides is 3. The third-order valence-corrected chi connectivity index (χ3v) is 5.55. The van der Waals surface area contributed by atoms with E-state index in [1.165, 1.54) is 0 Å². The summed E-state index contributed by atoms with van der Waals surface area (Å²) < 4.78 is 1.97. The van der Waals surface area contributed by atoms with Gasteiger partial charge < -0.3 is 5.32 Å². The fourth-order valence-electron chi connectivity index (χ4n) is 3.38. The SMILES string of the molecule is O=C(Cc1ccc(Br)cc1)NCc1ccc2c(=O)n(C3CCC(=O)NC3=O)nnc2c1. The molecule has 1 atom stereocenters. The molecular formula is C21H18BrN5O4. The highest BCUT2D eigenvalue weighted by Crippen LogP contribution is 2.17. The van der Waals surface area contributed by atoms with Crippen LogP contribution in [0.15, 0.2) is 51.7 Å². The molecular weight excluding hydrogens is 466 g/mol. The van der Waals surface area contributed by atoms with Gasteiger partial charge in [0.15, 0.2) is 0 Å². The number of benzene rings is 2. The number of nitrogens with zero attached hydrogens (tertiary/aromatic N) is 3. The van der Waals surface area contributed by atoms with Crippen LogP contribution in [0.25, 0.3) is 10.9 Å². The van der Waals surface area contributed by atoms with Gasteiger partial charge in [-0.15, -0.1) is 5.10 Å². The van der Waals surface area contributed by atoms with E-state index in [9.17, 15) is 19.2 Å². The number of aromatic nitrogens is 3. The molecule has 1 aromatic heterocycles. The van der Waals surface area contributed by atoms with Crippen LogP contribution in [0.1, 0.15) is 30.0 Å². The molecule has 4 rings (SSSR count). The number of halogens is 1. The lowest BCUT2D eigenvalue weighted by atomic mass is 10.1. The highest BCUT2D eigenvalue weighted by Gasteiger charge is 2.30. The molecule has 1 saturated heterocycles. The summed E-state index contributed by atoms with van der Waals surface area (Å²) in [4.78, 5) is 48.3. The molecule has 1 unspecified atom stereocenters. The van der Waals surface area contributed by atoms with E-state index in [-0.39, 0.29) is 37.6 Å². The predicted octanol–water partition coefficient (Wildman–Crippen LogP) is 1.39. The van der Waals surface area contributed by atoms with E-state index in [0.29, 0.717) is 10.9 Å². The summed E-state index contributed by atoms with van der Waals surface area (Å²) >= 11 is 3.36. The average molecular weight is 484 g/mol. The van der Waals surface area contributed by atoms with Crippen molar-refractivity contribution in [1.29, 1.82) is 0 Å². The van der Waals surface area contributed by atoms with Crippen molar-refractivity contribution in [2.45, 2.75) is 31.8 Å². The van der Waals surface area contributed by atoms with E-state index in [1.54, 1.807) is 18.2 Å². The Labute approximate surface area is 185 Å². The summed E-state index contributed by atoms with van der Waals surface area (Å²) in [6.07, 6.45) is 0.603. The minimum atomic E-state index is -0.861. The van der Waals surface area contributed by atoms with Gasteiger partial charge in [0, 0.05) is 17.4 Å². The smallest absolute Gasteiger partial charge is 0.278 e. The van der Waals surface area contributed by atoms with Gasteiger partial charge in [0.25, 0.3) is 11.5 Å². The van der Waals surface area contributed by atoms with Gasteiger partial charge in [0.05, 0.1) is 11.8 Å². The number of rotatable bonds is 5. The number of nitrogens with one attached hydrogen (secondary N) is 2. The second-order valence-corrected chi connectivity index (χ2v) is 8.15.